The van der Waals surface area contributed by atoms with Crippen LogP contribution in [0.2, 0.25) is 0 Å². The molecular weight excluding hydrogens is 194 g/mol. The summed E-state index contributed by atoms with van der Waals surface area (Å²) in [4.78, 5) is 0. The Morgan fingerprint density at radius 1 is 1.40 bits per heavy atom. The van der Waals surface area contributed by atoms with Gasteiger partial charge < -0.3 is 14.6 Å². The van der Waals surface area contributed by atoms with Gasteiger partial charge in [-0.25, -0.2) is 0 Å². The number of benzene rings is 1. The smallest absolute Gasteiger partial charge is 0.212 e. The number of aliphatic hydroxyl groups excluding tert-OH is 1. The standard InChI is InChI=1S/C11H15NO3/c1-8(13)7-15-10-5-3-9(4-6-10)11(12)14-2/h3-6,8,12-13H,7H2,1-2H3/t8-/m0/s1. The molecule has 0 radical (unpaired) electrons. The zero-order valence-corrected chi connectivity index (χ0v) is 8.86. The highest BCUT2D eigenvalue weighted by molar-refractivity contribution is 5.91. The topological polar surface area (TPSA) is 62.5 Å². The molecule has 1 aromatic rings. The maximum absolute atomic E-state index is 9.02. The number of aliphatic hydroxyl groups is 1. The Bertz CT molecular complexity index is 319. The third kappa shape index (κ3) is 3.59. The lowest BCUT2D eigenvalue weighted by Gasteiger charge is -2.08. The van der Waals surface area contributed by atoms with E-state index in [0.29, 0.717) is 11.3 Å². The minimum Gasteiger partial charge on any atom is -0.491 e. The molecule has 0 fully saturated rings. The molecule has 0 aromatic heterocycles. The zero-order chi connectivity index (χ0) is 11.3. The average molecular weight is 209 g/mol. The van der Waals surface area contributed by atoms with Crippen molar-refractivity contribution < 1.29 is 14.6 Å². The minimum absolute atomic E-state index is 0.122. The summed E-state index contributed by atoms with van der Waals surface area (Å²) >= 11 is 0. The van der Waals surface area contributed by atoms with Gasteiger partial charge in [-0.2, -0.15) is 0 Å². The molecular formula is C11H15NO3. The largest absolute Gasteiger partial charge is 0.491 e. The van der Waals surface area contributed by atoms with E-state index in [0.717, 1.165) is 0 Å². The Labute approximate surface area is 89.0 Å². The third-order valence-corrected chi connectivity index (χ3v) is 1.81. The van der Waals surface area contributed by atoms with Gasteiger partial charge in [0.1, 0.15) is 12.4 Å². The van der Waals surface area contributed by atoms with Crippen molar-refractivity contribution in [2.75, 3.05) is 13.7 Å². The van der Waals surface area contributed by atoms with E-state index in [9.17, 15) is 0 Å². The van der Waals surface area contributed by atoms with Crippen LogP contribution in [0, 0.1) is 5.41 Å². The zero-order valence-electron chi connectivity index (χ0n) is 8.86. The highest BCUT2D eigenvalue weighted by Gasteiger charge is 2.02. The number of hydrogen-bond acceptors (Lipinski definition) is 4. The first-order valence-electron chi connectivity index (χ1n) is 4.67. The Morgan fingerprint density at radius 2 is 2.00 bits per heavy atom. The van der Waals surface area contributed by atoms with Crippen molar-refractivity contribution in [3.8, 4) is 5.75 Å². The van der Waals surface area contributed by atoms with Crippen LogP contribution in [0.5, 0.6) is 5.75 Å². The van der Waals surface area contributed by atoms with Crippen LogP contribution >= 0.6 is 0 Å². The molecule has 0 aliphatic carbocycles. The van der Waals surface area contributed by atoms with Crippen molar-refractivity contribution in [1.82, 2.24) is 0 Å². The molecule has 0 spiro atoms. The Balaban J connectivity index is 2.60. The molecule has 0 aliphatic rings. The summed E-state index contributed by atoms with van der Waals surface area (Å²) in [5.74, 6) is 0.792. The predicted octanol–water partition coefficient (Wildman–Crippen LogP) is 1.42. The second-order valence-electron chi connectivity index (χ2n) is 3.22. The van der Waals surface area contributed by atoms with Crippen LogP contribution in [0.4, 0.5) is 0 Å². The summed E-state index contributed by atoms with van der Waals surface area (Å²) in [5, 5.41) is 16.4. The fourth-order valence-corrected chi connectivity index (χ4v) is 1.04. The first kappa shape index (κ1) is 11.5. The van der Waals surface area contributed by atoms with E-state index in [2.05, 4.69) is 0 Å². The molecule has 1 rings (SSSR count). The van der Waals surface area contributed by atoms with Crippen molar-refractivity contribution in [3.05, 3.63) is 29.8 Å². The van der Waals surface area contributed by atoms with E-state index in [4.69, 9.17) is 20.0 Å². The van der Waals surface area contributed by atoms with Gasteiger partial charge >= 0.3 is 0 Å². The van der Waals surface area contributed by atoms with Gasteiger partial charge in [0.05, 0.1) is 13.2 Å². The molecule has 0 amide bonds. The number of methoxy groups -OCH3 is 1. The third-order valence-electron chi connectivity index (χ3n) is 1.81. The van der Waals surface area contributed by atoms with Crippen molar-refractivity contribution in [1.29, 1.82) is 5.41 Å². The highest BCUT2D eigenvalue weighted by atomic mass is 16.5. The number of nitrogens with one attached hydrogen (secondary N) is 1. The first-order valence-corrected chi connectivity index (χ1v) is 4.67. The number of ether oxygens (including phenoxy) is 2. The summed E-state index contributed by atoms with van der Waals surface area (Å²) < 4.78 is 10.1. The molecule has 0 saturated carbocycles. The molecule has 1 aromatic carbocycles. The maximum Gasteiger partial charge on any atom is 0.212 e. The molecule has 0 unspecified atom stereocenters. The molecule has 2 N–H and O–H groups in total. The lowest BCUT2D eigenvalue weighted by Crippen LogP contribution is -2.12. The molecule has 82 valence electrons. The van der Waals surface area contributed by atoms with Crippen LogP contribution in [0.3, 0.4) is 0 Å². The normalized spacial score (nSPS) is 11.9. The summed E-state index contributed by atoms with van der Waals surface area (Å²) in [5.41, 5.74) is 0.696. The van der Waals surface area contributed by atoms with E-state index in [1.807, 2.05) is 0 Å². The van der Waals surface area contributed by atoms with Crippen molar-refractivity contribution in [2.24, 2.45) is 0 Å². The highest BCUT2D eigenvalue weighted by Crippen LogP contribution is 2.12. The van der Waals surface area contributed by atoms with E-state index in [1.54, 1.807) is 31.2 Å². The van der Waals surface area contributed by atoms with Crippen LogP contribution < -0.4 is 4.74 Å². The summed E-state index contributed by atoms with van der Waals surface area (Å²) in [6, 6.07) is 6.96. The minimum atomic E-state index is -0.484. The Hall–Kier alpha value is -1.55. The number of rotatable bonds is 4. The van der Waals surface area contributed by atoms with Crippen molar-refractivity contribution in [3.63, 3.8) is 0 Å². The predicted molar refractivity (Wildman–Crippen MR) is 57.5 cm³/mol. The molecule has 1 atom stereocenters. The van der Waals surface area contributed by atoms with Gasteiger partial charge in [-0.05, 0) is 31.2 Å². The van der Waals surface area contributed by atoms with Gasteiger partial charge in [0.25, 0.3) is 0 Å². The summed E-state index contributed by atoms with van der Waals surface area (Å²) in [6.45, 7) is 1.93. The second kappa shape index (κ2) is 5.36. The lowest BCUT2D eigenvalue weighted by atomic mass is 10.2. The van der Waals surface area contributed by atoms with Gasteiger partial charge in [-0.1, -0.05) is 0 Å². The fourth-order valence-electron chi connectivity index (χ4n) is 1.04. The van der Waals surface area contributed by atoms with Gasteiger partial charge in [-0.3, -0.25) is 5.41 Å². The monoisotopic (exact) mass is 209 g/mol. The van der Waals surface area contributed by atoms with Crippen LogP contribution in [-0.4, -0.2) is 30.8 Å². The van der Waals surface area contributed by atoms with Gasteiger partial charge in [0.15, 0.2) is 0 Å². The molecule has 15 heavy (non-hydrogen) atoms. The SMILES string of the molecule is COC(=N)c1ccc(OC[C@H](C)O)cc1. The van der Waals surface area contributed by atoms with Crippen LogP contribution in [0.15, 0.2) is 24.3 Å². The van der Waals surface area contributed by atoms with E-state index < -0.39 is 6.10 Å². The fraction of sp³-hybridized carbons (Fsp3) is 0.364. The van der Waals surface area contributed by atoms with Crippen molar-refractivity contribution >= 4 is 5.90 Å². The van der Waals surface area contributed by atoms with Crippen LogP contribution in [0.25, 0.3) is 0 Å². The van der Waals surface area contributed by atoms with Crippen molar-refractivity contribution in [2.45, 2.75) is 13.0 Å². The van der Waals surface area contributed by atoms with Crippen LogP contribution in [-0.2, 0) is 4.74 Å². The quantitative estimate of drug-likeness (QED) is 0.582. The van der Waals surface area contributed by atoms with E-state index >= 15 is 0 Å². The lowest BCUT2D eigenvalue weighted by molar-refractivity contribution is 0.122. The first-order chi connectivity index (χ1) is 7.13. The summed E-state index contributed by atoms with van der Waals surface area (Å²) in [6.07, 6.45) is -0.484. The maximum atomic E-state index is 9.02. The molecule has 4 heteroatoms. The molecule has 0 heterocycles. The Morgan fingerprint density at radius 3 is 2.47 bits per heavy atom. The van der Waals surface area contributed by atoms with E-state index in [1.165, 1.54) is 7.11 Å². The second-order valence-corrected chi connectivity index (χ2v) is 3.22. The molecule has 0 aliphatic heterocycles. The summed E-state index contributed by atoms with van der Waals surface area (Å²) in [7, 11) is 1.46. The molecule has 4 nitrogen and oxygen atoms in total. The Kier molecular flexibility index (Phi) is 4.12. The van der Waals surface area contributed by atoms with Crippen LogP contribution in [0.1, 0.15) is 12.5 Å². The average Bonchev–Trinajstić information content (AvgIpc) is 2.26. The van der Waals surface area contributed by atoms with Gasteiger partial charge in [0.2, 0.25) is 5.90 Å². The van der Waals surface area contributed by atoms with E-state index in [-0.39, 0.29) is 12.5 Å². The molecule has 0 bridgehead atoms. The van der Waals surface area contributed by atoms with Gasteiger partial charge in [0, 0.05) is 5.56 Å². The van der Waals surface area contributed by atoms with Gasteiger partial charge in [-0.15, -0.1) is 0 Å². The molecule has 0 saturated heterocycles. The number of hydrogen-bond donors (Lipinski definition) is 2.